The van der Waals surface area contributed by atoms with E-state index in [2.05, 4.69) is 10.6 Å². The van der Waals surface area contributed by atoms with E-state index >= 15 is 0 Å². The molecule has 0 radical (unpaired) electrons. The Morgan fingerprint density at radius 2 is 2.08 bits per heavy atom. The number of nitrogens with one attached hydrogen (secondary N) is 2. The van der Waals surface area contributed by atoms with Gasteiger partial charge in [-0.3, -0.25) is 0 Å². The van der Waals surface area contributed by atoms with Gasteiger partial charge in [0.05, 0.1) is 11.4 Å². The normalized spacial score (nSPS) is 26.0. The molecule has 24 heavy (non-hydrogen) atoms. The van der Waals surface area contributed by atoms with Crippen LogP contribution in [0.5, 0.6) is 0 Å². The number of anilines is 2. The SMILES string of the molecule is O=CC1(c2nc3c(c(NC4CCCC4)n2)NCCC3)C=CC=CC1. The zero-order chi connectivity index (χ0) is 16.4. The first-order chi connectivity index (χ1) is 11.8. The summed E-state index contributed by atoms with van der Waals surface area (Å²) in [4.78, 5) is 21.5. The topological polar surface area (TPSA) is 66.9 Å². The fourth-order valence-electron chi connectivity index (χ4n) is 3.86. The summed E-state index contributed by atoms with van der Waals surface area (Å²) in [6.07, 6.45) is 16.4. The van der Waals surface area contributed by atoms with Crippen molar-refractivity contribution in [2.24, 2.45) is 0 Å². The number of aryl methyl sites for hydroxylation is 1. The van der Waals surface area contributed by atoms with Gasteiger partial charge in [0, 0.05) is 12.6 Å². The summed E-state index contributed by atoms with van der Waals surface area (Å²) in [5, 5.41) is 7.08. The smallest absolute Gasteiger partial charge is 0.153 e. The molecule has 1 fully saturated rings. The highest BCUT2D eigenvalue weighted by Gasteiger charge is 2.34. The molecule has 1 saturated carbocycles. The predicted octanol–water partition coefficient (Wildman–Crippen LogP) is 3.14. The number of carbonyl (C=O) groups is 1. The molecule has 2 N–H and O–H groups in total. The van der Waals surface area contributed by atoms with Gasteiger partial charge in [-0.1, -0.05) is 37.1 Å². The Labute approximate surface area is 142 Å². The van der Waals surface area contributed by atoms with Crippen LogP contribution in [-0.2, 0) is 16.6 Å². The summed E-state index contributed by atoms with van der Waals surface area (Å²) in [6, 6.07) is 0.481. The van der Waals surface area contributed by atoms with Crippen LogP contribution in [0, 0.1) is 0 Å². The standard InChI is InChI=1S/C19H24N4O/c24-13-19(10-4-1-5-11-19)18-22-15-9-6-12-20-16(15)17(23-18)21-14-7-2-3-8-14/h1,4-5,10,13-14,20H,2-3,6-9,11-12H2,(H,21,22,23). The quantitative estimate of drug-likeness (QED) is 0.833. The molecule has 1 aromatic heterocycles. The third-order valence-electron chi connectivity index (χ3n) is 5.30. The maximum absolute atomic E-state index is 11.9. The van der Waals surface area contributed by atoms with E-state index < -0.39 is 5.41 Å². The summed E-state index contributed by atoms with van der Waals surface area (Å²) < 4.78 is 0. The number of hydrogen-bond acceptors (Lipinski definition) is 5. The monoisotopic (exact) mass is 324 g/mol. The van der Waals surface area contributed by atoms with Gasteiger partial charge >= 0.3 is 0 Å². The van der Waals surface area contributed by atoms with Crippen molar-refractivity contribution >= 4 is 17.8 Å². The molecule has 1 aromatic rings. The second kappa shape index (κ2) is 6.38. The van der Waals surface area contributed by atoms with Gasteiger partial charge < -0.3 is 15.4 Å². The molecule has 2 heterocycles. The van der Waals surface area contributed by atoms with Crippen LogP contribution < -0.4 is 10.6 Å². The Hall–Kier alpha value is -2.17. The maximum atomic E-state index is 11.9. The number of hydrogen-bond donors (Lipinski definition) is 2. The van der Waals surface area contributed by atoms with E-state index in [4.69, 9.17) is 9.97 Å². The summed E-state index contributed by atoms with van der Waals surface area (Å²) in [6.45, 7) is 0.955. The first-order valence-corrected chi connectivity index (χ1v) is 9.03. The van der Waals surface area contributed by atoms with Crippen LogP contribution in [-0.4, -0.2) is 28.8 Å². The third-order valence-corrected chi connectivity index (χ3v) is 5.30. The highest BCUT2D eigenvalue weighted by Crippen LogP contribution is 2.35. The van der Waals surface area contributed by atoms with E-state index in [1.54, 1.807) is 0 Å². The van der Waals surface area contributed by atoms with E-state index in [1.807, 2.05) is 24.3 Å². The minimum atomic E-state index is -0.729. The number of aldehydes is 1. The lowest BCUT2D eigenvalue weighted by atomic mass is 9.82. The van der Waals surface area contributed by atoms with Gasteiger partial charge in [0.15, 0.2) is 5.82 Å². The zero-order valence-corrected chi connectivity index (χ0v) is 13.9. The molecule has 0 saturated heterocycles. The van der Waals surface area contributed by atoms with Crippen molar-refractivity contribution < 1.29 is 4.79 Å². The van der Waals surface area contributed by atoms with Gasteiger partial charge in [0.2, 0.25) is 0 Å². The molecule has 126 valence electrons. The molecule has 4 rings (SSSR count). The molecule has 3 aliphatic rings. The van der Waals surface area contributed by atoms with Crippen LogP contribution in [0.2, 0.25) is 0 Å². The maximum Gasteiger partial charge on any atom is 0.153 e. The number of carbonyl (C=O) groups excluding carboxylic acids is 1. The molecule has 5 nitrogen and oxygen atoms in total. The van der Waals surface area contributed by atoms with Crippen molar-refractivity contribution in [2.45, 2.75) is 56.4 Å². The van der Waals surface area contributed by atoms with E-state index in [-0.39, 0.29) is 0 Å². The molecule has 5 heteroatoms. The van der Waals surface area contributed by atoms with Gasteiger partial charge in [-0.15, -0.1) is 0 Å². The second-order valence-corrected chi connectivity index (χ2v) is 7.02. The molecule has 1 unspecified atom stereocenters. The Morgan fingerprint density at radius 3 is 2.83 bits per heavy atom. The summed E-state index contributed by atoms with van der Waals surface area (Å²) in [5.41, 5.74) is 1.34. The predicted molar refractivity (Wildman–Crippen MR) is 95.4 cm³/mol. The molecule has 0 spiro atoms. The molecule has 0 bridgehead atoms. The van der Waals surface area contributed by atoms with Crippen molar-refractivity contribution in [3.63, 3.8) is 0 Å². The van der Waals surface area contributed by atoms with Crippen LogP contribution in [0.25, 0.3) is 0 Å². The summed E-state index contributed by atoms with van der Waals surface area (Å²) in [5.74, 6) is 1.51. The molecule has 0 aromatic carbocycles. The Kier molecular flexibility index (Phi) is 4.08. The van der Waals surface area contributed by atoms with Crippen LogP contribution >= 0.6 is 0 Å². The highest BCUT2D eigenvalue weighted by molar-refractivity contribution is 5.74. The van der Waals surface area contributed by atoms with Crippen molar-refractivity contribution in [1.29, 1.82) is 0 Å². The fraction of sp³-hybridized carbons (Fsp3) is 0.526. The van der Waals surface area contributed by atoms with Gasteiger partial charge in [-0.25, -0.2) is 9.97 Å². The average molecular weight is 324 g/mol. The average Bonchev–Trinajstić information content (AvgIpc) is 3.15. The molecular formula is C19H24N4O. The minimum Gasteiger partial charge on any atom is -0.381 e. The number of allylic oxidation sites excluding steroid dienone is 4. The van der Waals surface area contributed by atoms with Crippen molar-refractivity contribution in [3.05, 3.63) is 35.8 Å². The third kappa shape index (κ3) is 2.72. The first-order valence-electron chi connectivity index (χ1n) is 9.03. The Bertz CT molecular complexity index is 691. The van der Waals surface area contributed by atoms with E-state index in [1.165, 1.54) is 25.7 Å². The number of fused-ring (bicyclic) bond motifs is 1. The number of rotatable bonds is 4. The Morgan fingerprint density at radius 1 is 1.21 bits per heavy atom. The zero-order valence-electron chi connectivity index (χ0n) is 13.9. The van der Waals surface area contributed by atoms with Crippen LogP contribution in [0.4, 0.5) is 11.5 Å². The molecular weight excluding hydrogens is 300 g/mol. The molecule has 1 aliphatic heterocycles. The van der Waals surface area contributed by atoms with Gasteiger partial charge in [0.1, 0.15) is 17.5 Å². The van der Waals surface area contributed by atoms with E-state index in [0.29, 0.717) is 18.3 Å². The fourth-order valence-corrected chi connectivity index (χ4v) is 3.86. The lowest BCUT2D eigenvalue weighted by Crippen LogP contribution is -2.31. The summed E-state index contributed by atoms with van der Waals surface area (Å²) >= 11 is 0. The van der Waals surface area contributed by atoms with Gasteiger partial charge in [-0.05, 0) is 32.1 Å². The van der Waals surface area contributed by atoms with Crippen molar-refractivity contribution in [1.82, 2.24) is 9.97 Å². The van der Waals surface area contributed by atoms with Crippen molar-refractivity contribution in [3.8, 4) is 0 Å². The Balaban J connectivity index is 1.75. The molecule has 1 atom stereocenters. The van der Waals surface area contributed by atoms with Gasteiger partial charge in [0.25, 0.3) is 0 Å². The number of aromatic nitrogens is 2. The largest absolute Gasteiger partial charge is 0.381 e. The molecule has 2 aliphatic carbocycles. The molecule has 0 amide bonds. The lowest BCUT2D eigenvalue weighted by molar-refractivity contribution is -0.111. The minimum absolute atomic E-state index is 0.481. The van der Waals surface area contributed by atoms with Crippen LogP contribution in [0.15, 0.2) is 24.3 Å². The van der Waals surface area contributed by atoms with Crippen LogP contribution in [0.3, 0.4) is 0 Å². The summed E-state index contributed by atoms with van der Waals surface area (Å²) in [7, 11) is 0. The second-order valence-electron chi connectivity index (χ2n) is 7.02. The highest BCUT2D eigenvalue weighted by atomic mass is 16.1. The number of nitrogens with zero attached hydrogens (tertiary/aromatic N) is 2. The lowest BCUT2D eigenvalue weighted by Gasteiger charge is -2.28. The van der Waals surface area contributed by atoms with Gasteiger partial charge in [-0.2, -0.15) is 0 Å². The van der Waals surface area contributed by atoms with E-state index in [0.717, 1.165) is 42.9 Å². The van der Waals surface area contributed by atoms with Crippen LogP contribution in [0.1, 0.15) is 50.0 Å². The first kappa shape index (κ1) is 15.4. The van der Waals surface area contributed by atoms with E-state index in [9.17, 15) is 4.79 Å². The van der Waals surface area contributed by atoms with Crippen molar-refractivity contribution in [2.75, 3.05) is 17.2 Å².